The van der Waals surface area contributed by atoms with Gasteiger partial charge in [0.2, 0.25) is 0 Å². The van der Waals surface area contributed by atoms with Crippen LogP contribution >= 0.6 is 0 Å². The van der Waals surface area contributed by atoms with Gasteiger partial charge in [0.1, 0.15) is 5.82 Å². The van der Waals surface area contributed by atoms with Crippen LogP contribution in [0.2, 0.25) is 0 Å². The lowest BCUT2D eigenvalue weighted by Crippen LogP contribution is -2.32. The summed E-state index contributed by atoms with van der Waals surface area (Å²) in [4.78, 5) is 2.21. The van der Waals surface area contributed by atoms with Crippen LogP contribution in [0.25, 0.3) is 0 Å². The number of nitrogens with two attached hydrogens (primary N) is 1. The van der Waals surface area contributed by atoms with Gasteiger partial charge in [0.15, 0.2) is 0 Å². The molecule has 0 heterocycles. The number of nitrogen functional groups attached to an aromatic ring is 1. The van der Waals surface area contributed by atoms with Crippen molar-refractivity contribution in [2.24, 2.45) is 5.92 Å². The van der Waals surface area contributed by atoms with Crippen molar-refractivity contribution in [2.45, 2.75) is 33.4 Å². The minimum Gasteiger partial charge on any atom is -0.399 e. The monoisotopic (exact) mass is 224 g/mol. The van der Waals surface area contributed by atoms with E-state index in [-0.39, 0.29) is 5.82 Å². The predicted octanol–water partition coefficient (Wildman–Crippen LogP) is 2.88. The first-order chi connectivity index (χ1) is 7.40. The number of hydrogen-bond acceptors (Lipinski definition) is 2. The Hall–Kier alpha value is -1.09. The zero-order chi connectivity index (χ0) is 12.3. The number of benzene rings is 1. The third-order valence-electron chi connectivity index (χ3n) is 3.07. The van der Waals surface area contributed by atoms with Crippen molar-refractivity contribution in [3.63, 3.8) is 0 Å². The van der Waals surface area contributed by atoms with Crippen LogP contribution in [0.3, 0.4) is 0 Å². The number of nitrogens with zero attached hydrogens (tertiary/aromatic N) is 1. The summed E-state index contributed by atoms with van der Waals surface area (Å²) in [6.07, 6.45) is 0. The summed E-state index contributed by atoms with van der Waals surface area (Å²) in [5, 5.41) is 0. The summed E-state index contributed by atoms with van der Waals surface area (Å²) in [6.45, 7) is 7.26. The van der Waals surface area contributed by atoms with E-state index >= 15 is 0 Å². The van der Waals surface area contributed by atoms with Crippen LogP contribution in [0.4, 0.5) is 10.1 Å². The lowest BCUT2D eigenvalue weighted by Gasteiger charge is -2.27. The highest BCUT2D eigenvalue weighted by molar-refractivity contribution is 5.41. The fourth-order valence-electron chi connectivity index (χ4n) is 1.71. The van der Waals surface area contributed by atoms with Crippen LogP contribution in [-0.2, 0) is 6.54 Å². The SMILES string of the molecule is CC(C)C(C)N(C)Cc1cc(N)cc(F)c1. The molecule has 0 aliphatic heterocycles. The van der Waals surface area contributed by atoms with Crippen LogP contribution in [0.1, 0.15) is 26.3 Å². The van der Waals surface area contributed by atoms with E-state index in [1.807, 2.05) is 13.1 Å². The Labute approximate surface area is 97.3 Å². The molecule has 1 aromatic rings. The Balaban J connectivity index is 2.72. The minimum absolute atomic E-state index is 0.263. The second-order valence-corrected chi connectivity index (χ2v) is 4.79. The molecule has 0 aliphatic carbocycles. The number of anilines is 1. The average Bonchev–Trinajstić information content (AvgIpc) is 2.14. The molecule has 0 aliphatic rings. The summed E-state index contributed by atoms with van der Waals surface area (Å²) >= 11 is 0. The van der Waals surface area contributed by atoms with E-state index in [0.717, 1.165) is 12.1 Å². The summed E-state index contributed by atoms with van der Waals surface area (Å²) in [5.41, 5.74) is 7.02. The van der Waals surface area contributed by atoms with Gasteiger partial charge in [-0.2, -0.15) is 0 Å². The highest BCUT2D eigenvalue weighted by Gasteiger charge is 2.13. The lowest BCUT2D eigenvalue weighted by molar-refractivity contribution is 0.200. The molecule has 0 amide bonds. The maximum absolute atomic E-state index is 13.1. The molecule has 1 rings (SSSR count). The van der Waals surface area contributed by atoms with Gasteiger partial charge < -0.3 is 5.73 Å². The molecule has 0 fully saturated rings. The average molecular weight is 224 g/mol. The molecular weight excluding hydrogens is 203 g/mol. The van der Waals surface area contributed by atoms with Gasteiger partial charge in [-0.1, -0.05) is 13.8 Å². The van der Waals surface area contributed by atoms with Crippen LogP contribution in [-0.4, -0.2) is 18.0 Å². The van der Waals surface area contributed by atoms with Crippen molar-refractivity contribution in [1.82, 2.24) is 4.90 Å². The highest BCUT2D eigenvalue weighted by Crippen LogP contribution is 2.15. The molecule has 2 nitrogen and oxygen atoms in total. The van der Waals surface area contributed by atoms with Crippen molar-refractivity contribution >= 4 is 5.69 Å². The molecule has 0 radical (unpaired) electrons. The Kier molecular flexibility index (Phi) is 4.30. The van der Waals surface area contributed by atoms with Crippen molar-refractivity contribution in [2.75, 3.05) is 12.8 Å². The van der Waals surface area contributed by atoms with E-state index in [2.05, 4.69) is 25.7 Å². The molecule has 0 bridgehead atoms. The van der Waals surface area contributed by atoms with Crippen LogP contribution in [0.15, 0.2) is 18.2 Å². The molecule has 1 atom stereocenters. The molecule has 3 heteroatoms. The van der Waals surface area contributed by atoms with Crippen molar-refractivity contribution in [3.8, 4) is 0 Å². The van der Waals surface area contributed by atoms with Gasteiger partial charge >= 0.3 is 0 Å². The highest BCUT2D eigenvalue weighted by atomic mass is 19.1. The first-order valence-corrected chi connectivity index (χ1v) is 5.65. The summed E-state index contributed by atoms with van der Waals surface area (Å²) in [5.74, 6) is 0.316. The molecule has 0 saturated heterocycles. The smallest absolute Gasteiger partial charge is 0.125 e. The van der Waals surface area contributed by atoms with Gasteiger partial charge in [-0.25, -0.2) is 4.39 Å². The van der Waals surface area contributed by atoms with Gasteiger partial charge in [0.05, 0.1) is 0 Å². The van der Waals surface area contributed by atoms with Gasteiger partial charge in [0.25, 0.3) is 0 Å². The van der Waals surface area contributed by atoms with Crippen molar-refractivity contribution in [1.29, 1.82) is 0 Å². The normalized spacial score (nSPS) is 13.4. The Morgan fingerprint density at radius 3 is 2.38 bits per heavy atom. The van der Waals surface area contributed by atoms with E-state index in [1.165, 1.54) is 6.07 Å². The largest absolute Gasteiger partial charge is 0.399 e. The molecule has 0 spiro atoms. The second kappa shape index (κ2) is 5.30. The third kappa shape index (κ3) is 3.49. The fraction of sp³-hybridized carbons (Fsp3) is 0.538. The van der Waals surface area contributed by atoms with E-state index in [9.17, 15) is 4.39 Å². The number of rotatable bonds is 4. The van der Waals surface area contributed by atoms with Gasteiger partial charge in [-0.15, -0.1) is 0 Å². The number of hydrogen-bond donors (Lipinski definition) is 1. The molecule has 90 valence electrons. The standard InChI is InChI=1S/C13H21FN2/c1-9(2)10(3)16(4)8-11-5-12(14)7-13(15)6-11/h5-7,9-10H,8,15H2,1-4H3. The summed E-state index contributed by atoms with van der Waals surface area (Å²) in [7, 11) is 2.05. The summed E-state index contributed by atoms with van der Waals surface area (Å²) in [6, 6.07) is 5.17. The maximum atomic E-state index is 13.1. The van der Waals surface area contributed by atoms with E-state index in [4.69, 9.17) is 5.73 Å². The Morgan fingerprint density at radius 1 is 1.25 bits per heavy atom. The molecule has 0 saturated carbocycles. The Bertz CT molecular complexity index is 330. The second-order valence-electron chi connectivity index (χ2n) is 4.79. The van der Waals surface area contributed by atoms with Crippen LogP contribution < -0.4 is 5.73 Å². The quantitative estimate of drug-likeness (QED) is 0.797. The van der Waals surface area contributed by atoms with Crippen LogP contribution in [0, 0.1) is 11.7 Å². The van der Waals surface area contributed by atoms with Crippen molar-refractivity contribution < 1.29 is 4.39 Å². The van der Waals surface area contributed by atoms with E-state index < -0.39 is 0 Å². The topological polar surface area (TPSA) is 29.3 Å². The molecule has 1 aromatic carbocycles. The summed E-state index contributed by atoms with van der Waals surface area (Å²) < 4.78 is 13.1. The minimum atomic E-state index is -0.263. The molecule has 16 heavy (non-hydrogen) atoms. The zero-order valence-corrected chi connectivity index (χ0v) is 10.5. The first-order valence-electron chi connectivity index (χ1n) is 5.65. The third-order valence-corrected chi connectivity index (χ3v) is 3.07. The zero-order valence-electron chi connectivity index (χ0n) is 10.5. The molecule has 1 unspecified atom stereocenters. The molecule has 2 N–H and O–H groups in total. The Morgan fingerprint density at radius 2 is 1.88 bits per heavy atom. The van der Waals surface area contributed by atoms with Crippen LogP contribution in [0.5, 0.6) is 0 Å². The predicted molar refractivity (Wildman–Crippen MR) is 66.6 cm³/mol. The maximum Gasteiger partial charge on any atom is 0.125 e. The van der Waals surface area contributed by atoms with Gasteiger partial charge in [0, 0.05) is 18.3 Å². The fourth-order valence-corrected chi connectivity index (χ4v) is 1.71. The van der Waals surface area contributed by atoms with E-state index in [1.54, 1.807) is 6.07 Å². The lowest BCUT2D eigenvalue weighted by atomic mass is 10.0. The van der Waals surface area contributed by atoms with Crippen molar-refractivity contribution in [3.05, 3.63) is 29.6 Å². The molecule has 0 aromatic heterocycles. The first kappa shape index (κ1) is 13.0. The van der Waals surface area contributed by atoms with Gasteiger partial charge in [-0.3, -0.25) is 4.90 Å². The van der Waals surface area contributed by atoms with Gasteiger partial charge in [-0.05, 0) is 43.7 Å². The molecular formula is C13H21FN2. The number of halogens is 1. The van der Waals surface area contributed by atoms with E-state index in [0.29, 0.717) is 17.6 Å².